The van der Waals surface area contributed by atoms with Gasteiger partial charge in [-0.15, -0.1) is 0 Å². The Bertz CT molecular complexity index is 1520. The maximum absolute atomic E-state index is 14.5. The van der Waals surface area contributed by atoms with Gasteiger partial charge in [-0.2, -0.15) is 5.10 Å². The molecule has 39 heavy (non-hydrogen) atoms. The third-order valence-corrected chi connectivity index (χ3v) is 7.16. The highest BCUT2D eigenvalue weighted by atomic mass is 19.1. The van der Waals surface area contributed by atoms with Gasteiger partial charge in [0.05, 0.1) is 11.6 Å². The van der Waals surface area contributed by atoms with E-state index in [-0.39, 0.29) is 36.5 Å². The van der Waals surface area contributed by atoms with Crippen LogP contribution < -0.4 is 5.32 Å². The van der Waals surface area contributed by atoms with Crippen LogP contribution in [0.1, 0.15) is 34.5 Å². The number of pyridine rings is 1. The van der Waals surface area contributed by atoms with Gasteiger partial charge >= 0.3 is 0 Å². The van der Waals surface area contributed by atoms with Crippen molar-refractivity contribution in [2.24, 2.45) is 0 Å². The predicted molar refractivity (Wildman–Crippen MR) is 144 cm³/mol. The van der Waals surface area contributed by atoms with Crippen molar-refractivity contribution in [3.63, 3.8) is 0 Å². The van der Waals surface area contributed by atoms with Crippen LogP contribution in [0.25, 0.3) is 22.2 Å². The number of benzene rings is 2. The fourth-order valence-electron chi connectivity index (χ4n) is 5.14. The number of aryl methyl sites for hydroxylation is 1. The van der Waals surface area contributed by atoms with Crippen molar-refractivity contribution in [1.29, 1.82) is 0 Å². The van der Waals surface area contributed by atoms with Gasteiger partial charge in [-0.3, -0.25) is 24.6 Å². The molecule has 0 unspecified atom stereocenters. The van der Waals surface area contributed by atoms with Crippen LogP contribution in [0.2, 0.25) is 0 Å². The van der Waals surface area contributed by atoms with Crippen LogP contribution in [-0.4, -0.2) is 69.5 Å². The number of amides is 2. The molecule has 0 spiro atoms. The minimum absolute atomic E-state index is 0.0786. The summed E-state index contributed by atoms with van der Waals surface area (Å²) < 4.78 is 28.9. The maximum atomic E-state index is 14.5. The maximum Gasteiger partial charge on any atom is 0.251 e. The number of piperidine rings is 1. The van der Waals surface area contributed by atoms with Gasteiger partial charge in [0.1, 0.15) is 17.3 Å². The number of nitrogens with zero attached hydrogens (tertiary/aromatic N) is 4. The van der Waals surface area contributed by atoms with E-state index in [0.29, 0.717) is 18.4 Å². The summed E-state index contributed by atoms with van der Waals surface area (Å²) in [4.78, 5) is 33.7. The molecule has 1 saturated heterocycles. The quantitative estimate of drug-likeness (QED) is 0.391. The number of carbonyl (C=O) groups excluding carboxylic acids is 2. The summed E-state index contributed by atoms with van der Waals surface area (Å²) in [6, 6.07) is 12.0. The highest BCUT2D eigenvalue weighted by Gasteiger charge is 2.35. The third kappa shape index (κ3) is 5.51. The molecule has 2 amide bonds. The second-order valence-corrected chi connectivity index (χ2v) is 10.1. The standard InChI is InChI=1S/C29H30F2N6O2/c1-17-13-18(11-12-32-17)27-21-14-19(7-9-25(21)34-35-27)28(38)33-20-8-10-26(29(39)36(2)3)37(15-20)16-22-23(30)5-4-6-24(22)31/h4-7,9,11-14,20,26H,8,10,15-16H2,1-3H3,(H,33,38)(H,34,35)/t20-,26+/m1/s1. The smallest absolute Gasteiger partial charge is 0.251 e. The van der Waals surface area contributed by atoms with Gasteiger partial charge in [0.25, 0.3) is 5.91 Å². The van der Waals surface area contributed by atoms with E-state index in [1.54, 1.807) is 37.3 Å². The summed E-state index contributed by atoms with van der Waals surface area (Å²) in [6.45, 7) is 2.10. The molecule has 2 aromatic heterocycles. The second kappa shape index (κ2) is 10.9. The van der Waals surface area contributed by atoms with Crippen LogP contribution in [-0.2, 0) is 11.3 Å². The molecule has 8 nitrogen and oxygen atoms in total. The molecule has 4 aromatic rings. The van der Waals surface area contributed by atoms with Crippen molar-refractivity contribution in [2.75, 3.05) is 20.6 Å². The number of hydrogen-bond acceptors (Lipinski definition) is 5. The number of carbonyl (C=O) groups is 2. The van der Waals surface area contributed by atoms with E-state index in [9.17, 15) is 18.4 Å². The Labute approximate surface area is 225 Å². The molecule has 2 aromatic carbocycles. The Morgan fingerprint density at radius 3 is 2.59 bits per heavy atom. The van der Waals surface area contributed by atoms with Gasteiger partial charge in [0, 0.05) is 67.2 Å². The molecule has 0 radical (unpaired) electrons. The van der Waals surface area contributed by atoms with Crippen LogP contribution in [0.4, 0.5) is 8.78 Å². The van der Waals surface area contributed by atoms with Crippen molar-refractivity contribution in [1.82, 2.24) is 30.3 Å². The zero-order valence-corrected chi connectivity index (χ0v) is 22.0. The van der Waals surface area contributed by atoms with Crippen molar-refractivity contribution >= 4 is 22.7 Å². The molecular weight excluding hydrogens is 502 g/mol. The van der Waals surface area contributed by atoms with Crippen LogP contribution in [0.3, 0.4) is 0 Å². The molecule has 2 N–H and O–H groups in total. The van der Waals surface area contributed by atoms with Crippen molar-refractivity contribution in [2.45, 2.75) is 38.4 Å². The lowest BCUT2D eigenvalue weighted by Gasteiger charge is -2.40. The highest BCUT2D eigenvalue weighted by molar-refractivity contribution is 6.01. The molecule has 1 aliphatic heterocycles. The Balaban J connectivity index is 1.36. The van der Waals surface area contributed by atoms with Gasteiger partial charge < -0.3 is 10.2 Å². The lowest BCUT2D eigenvalue weighted by Crippen LogP contribution is -2.56. The van der Waals surface area contributed by atoms with Crippen LogP contribution in [0.5, 0.6) is 0 Å². The van der Waals surface area contributed by atoms with E-state index in [1.807, 2.05) is 25.1 Å². The van der Waals surface area contributed by atoms with E-state index in [1.165, 1.54) is 23.1 Å². The molecule has 3 heterocycles. The molecule has 0 saturated carbocycles. The van der Waals surface area contributed by atoms with Gasteiger partial charge in [-0.1, -0.05) is 6.07 Å². The molecule has 1 fully saturated rings. The lowest BCUT2D eigenvalue weighted by molar-refractivity contribution is -0.136. The van der Waals surface area contributed by atoms with Crippen molar-refractivity contribution < 1.29 is 18.4 Å². The number of likely N-dealkylation sites (tertiary alicyclic amines) is 1. The third-order valence-electron chi connectivity index (χ3n) is 7.16. The minimum atomic E-state index is -0.661. The Kier molecular flexibility index (Phi) is 7.38. The lowest BCUT2D eigenvalue weighted by atomic mass is 9.95. The highest BCUT2D eigenvalue weighted by Crippen LogP contribution is 2.28. The largest absolute Gasteiger partial charge is 0.348 e. The Morgan fingerprint density at radius 1 is 1.10 bits per heavy atom. The zero-order valence-electron chi connectivity index (χ0n) is 22.0. The predicted octanol–water partition coefficient (Wildman–Crippen LogP) is 4.06. The van der Waals surface area contributed by atoms with Crippen LogP contribution >= 0.6 is 0 Å². The molecular formula is C29H30F2N6O2. The molecule has 5 rings (SSSR count). The Morgan fingerprint density at radius 2 is 1.87 bits per heavy atom. The Hall–Kier alpha value is -4.18. The fraction of sp³-hybridized carbons (Fsp3) is 0.310. The first-order valence-electron chi connectivity index (χ1n) is 12.8. The van der Waals surface area contributed by atoms with Gasteiger partial charge in [0.2, 0.25) is 5.91 Å². The normalized spacial score (nSPS) is 17.8. The van der Waals surface area contributed by atoms with Crippen molar-refractivity contribution in [3.8, 4) is 11.3 Å². The van der Waals surface area contributed by atoms with Gasteiger partial charge in [0.15, 0.2) is 0 Å². The first kappa shape index (κ1) is 26.4. The van der Waals surface area contributed by atoms with Crippen molar-refractivity contribution in [3.05, 3.63) is 83.2 Å². The number of likely N-dealkylation sites (N-methyl/N-ethyl adjacent to an activating group) is 1. The van der Waals surface area contributed by atoms with E-state index in [0.717, 1.165) is 27.9 Å². The number of H-pyrrole nitrogens is 1. The molecule has 0 aliphatic carbocycles. The molecule has 10 heteroatoms. The number of hydrogen-bond donors (Lipinski definition) is 2. The number of fused-ring (bicyclic) bond motifs is 1. The number of aromatic amines is 1. The number of halogens is 2. The number of nitrogens with one attached hydrogen (secondary N) is 2. The molecule has 202 valence electrons. The van der Waals surface area contributed by atoms with Crippen LogP contribution in [0.15, 0.2) is 54.7 Å². The van der Waals surface area contributed by atoms with Crippen LogP contribution in [0, 0.1) is 18.6 Å². The molecule has 1 aliphatic rings. The van der Waals surface area contributed by atoms with E-state index in [4.69, 9.17) is 0 Å². The zero-order chi connectivity index (χ0) is 27.7. The van der Waals surface area contributed by atoms with E-state index < -0.39 is 17.7 Å². The monoisotopic (exact) mass is 532 g/mol. The van der Waals surface area contributed by atoms with E-state index in [2.05, 4.69) is 20.5 Å². The first-order chi connectivity index (χ1) is 18.7. The number of rotatable bonds is 6. The first-order valence-corrected chi connectivity index (χ1v) is 12.8. The molecule has 0 bridgehead atoms. The average Bonchev–Trinajstić information content (AvgIpc) is 3.34. The summed E-state index contributed by atoms with van der Waals surface area (Å²) in [6.07, 6.45) is 2.73. The summed E-state index contributed by atoms with van der Waals surface area (Å²) in [5, 5.41) is 11.3. The summed E-state index contributed by atoms with van der Waals surface area (Å²) in [5.74, 6) is -1.73. The summed E-state index contributed by atoms with van der Waals surface area (Å²) >= 11 is 0. The fourth-order valence-corrected chi connectivity index (χ4v) is 5.14. The van der Waals surface area contributed by atoms with E-state index >= 15 is 0 Å². The topological polar surface area (TPSA) is 94.2 Å². The number of aromatic nitrogens is 3. The van der Waals surface area contributed by atoms with Gasteiger partial charge in [-0.25, -0.2) is 8.78 Å². The average molecular weight is 533 g/mol. The summed E-state index contributed by atoms with van der Waals surface area (Å²) in [7, 11) is 3.32. The minimum Gasteiger partial charge on any atom is -0.348 e. The molecule has 2 atom stereocenters. The SMILES string of the molecule is Cc1cc(-c2n[nH]c3ccc(C(=O)N[C@@H]4CC[C@@H](C(=O)N(C)C)N(Cc5c(F)cccc5F)C4)cc23)ccn1. The second-order valence-electron chi connectivity index (χ2n) is 10.1. The summed E-state index contributed by atoms with van der Waals surface area (Å²) in [5.41, 5.74) is 3.66. The van der Waals surface area contributed by atoms with Gasteiger partial charge in [-0.05, 0) is 62.2 Å².